The highest BCUT2D eigenvalue weighted by atomic mass is 35.7. The molecule has 31 heavy (non-hydrogen) atoms. The fourth-order valence-corrected chi connectivity index (χ4v) is 4.58. The molecule has 4 atom stereocenters. The summed E-state index contributed by atoms with van der Waals surface area (Å²) in [5.74, 6) is -2.24. The summed E-state index contributed by atoms with van der Waals surface area (Å²) in [6, 6.07) is 6.64. The fourth-order valence-electron chi connectivity index (χ4n) is 2.94. The standard InChI is InChI=1S/C18H18Cl4N2O6S/c1-10(2)13(16(27)29-9-17(19,20)21)24-15(26)14(30-12-7-5-4-6-8-12)18(24,31(22)28)23-11(3)25/h4-8,13-14H,1,9H2,2-3H3,(H,23,25). The van der Waals surface area contributed by atoms with Crippen LogP contribution in [-0.2, 0) is 29.1 Å². The third-order valence-electron chi connectivity index (χ3n) is 4.10. The fraction of sp³-hybridized carbons (Fsp3) is 0.389. The highest BCUT2D eigenvalue weighted by molar-refractivity contribution is 8.09. The van der Waals surface area contributed by atoms with Gasteiger partial charge in [0.1, 0.15) is 12.4 Å². The molecule has 0 aromatic heterocycles. The number of para-hydroxylation sites is 1. The van der Waals surface area contributed by atoms with Crippen LogP contribution in [0.1, 0.15) is 13.8 Å². The van der Waals surface area contributed by atoms with Crippen molar-refractivity contribution in [1.29, 1.82) is 0 Å². The number of alkyl halides is 3. The molecule has 1 saturated heterocycles. The predicted molar refractivity (Wildman–Crippen MR) is 118 cm³/mol. The number of esters is 1. The molecule has 2 rings (SSSR count). The quantitative estimate of drug-likeness (QED) is 0.182. The Kier molecular flexibility index (Phi) is 8.27. The summed E-state index contributed by atoms with van der Waals surface area (Å²) >= 11 is 16.8. The zero-order valence-electron chi connectivity index (χ0n) is 16.3. The van der Waals surface area contributed by atoms with E-state index in [9.17, 15) is 18.6 Å². The second kappa shape index (κ2) is 9.95. The first-order valence-corrected chi connectivity index (χ1v) is 11.7. The number of ether oxygens (including phenoxy) is 2. The smallest absolute Gasteiger partial charge is 0.333 e. The second-order valence-electron chi connectivity index (χ2n) is 6.59. The Hall–Kier alpha value is -1.52. The minimum atomic E-state index is -2.44. The van der Waals surface area contributed by atoms with Gasteiger partial charge in [-0.15, -0.1) is 0 Å². The Balaban J connectivity index is 2.48. The monoisotopic (exact) mass is 530 g/mol. The van der Waals surface area contributed by atoms with Crippen molar-refractivity contribution in [2.75, 3.05) is 6.61 Å². The van der Waals surface area contributed by atoms with Gasteiger partial charge < -0.3 is 14.8 Å². The van der Waals surface area contributed by atoms with Crippen LogP contribution in [0, 0.1) is 0 Å². The summed E-state index contributed by atoms with van der Waals surface area (Å²) in [4.78, 5) is 36.4. The van der Waals surface area contributed by atoms with E-state index >= 15 is 0 Å². The summed E-state index contributed by atoms with van der Waals surface area (Å²) in [7, 11) is 3.50. The molecule has 4 unspecified atom stereocenters. The number of halogens is 4. The van der Waals surface area contributed by atoms with Crippen molar-refractivity contribution in [2.45, 2.75) is 34.8 Å². The lowest BCUT2D eigenvalue weighted by atomic mass is 9.96. The average molecular weight is 532 g/mol. The number of amides is 2. The SMILES string of the molecule is C=C(C)C(C(=O)OCC(Cl)(Cl)Cl)N1C(=O)C(Oc2ccccc2)C1(NC(C)=O)S(=O)Cl. The first-order valence-electron chi connectivity index (χ1n) is 8.61. The molecule has 1 aromatic carbocycles. The first kappa shape index (κ1) is 25.7. The first-order chi connectivity index (χ1) is 14.3. The number of hydrogen-bond donors (Lipinski definition) is 1. The van der Waals surface area contributed by atoms with E-state index in [1.807, 2.05) is 0 Å². The van der Waals surface area contributed by atoms with Gasteiger partial charge in [0.05, 0.1) is 0 Å². The van der Waals surface area contributed by atoms with Gasteiger partial charge in [-0.3, -0.25) is 14.5 Å². The van der Waals surface area contributed by atoms with Gasteiger partial charge in [0, 0.05) is 6.92 Å². The normalized spacial score (nSPS) is 22.7. The van der Waals surface area contributed by atoms with Crippen LogP contribution in [0.15, 0.2) is 42.5 Å². The van der Waals surface area contributed by atoms with Gasteiger partial charge >= 0.3 is 5.97 Å². The van der Waals surface area contributed by atoms with E-state index < -0.39 is 55.3 Å². The molecule has 1 N–H and O–H groups in total. The number of carbonyl (C=O) groups is 3. The lowest BCUT2D eigenvalue weighted by molar-refractivity contribution is -0.184. The number of β-lactam (4-membered cyclic amide) rings is 1. The van der Waals surface area contributed by atoms with Crippen LogP contribution in [-0.4, -0.2) is 54.4 Å². The van der Waals surface area contributed by atoms with Crippen LogP contribution in [0.2, 0.25) is 0 Å². The Morgan fingerprint density at radius 2 is 1.87 bits per heavy atom. The van der Waals surface area contributed by atoms with Crippen LogP contribution >= 0.6 is 45.5 Å². The van der Waals surface area contributed by atoms with E-state index in [0.29, 0.717) is 0 Å². The number of nitrogens with zero attached hydrogens (tertiary/aromatic N) is 1. The van der Waals surface area contributed by atoms with E-state index in [0.717, 1.165) is 11.8 Å². The van der Waals surface area contributed by atoms with E-state index in [2.05, 4.69) is 11.9 Å². The highest BCUT2D eigenvalue weighted by Gasteiger charge is 2.70. The number of likely N-dealkylation sites (tertiary alicyclic amines) is 1. The Labute approximate surface area is 200 Å². The molecular formula is C18H18Cl4N2O6S. The van der Waals surface area contributed by atoms with Gasteiger partial charge in [-0.25, -0.2) is 9.00 Å². The average Bonchev–Trinajstić information content (AvgIpc) is 2.66. The zero-order chi connectivity index (χ0) is 23.6. The molecule has 0 bridgehead atoms. The molecule has 0 aliphatic carbocycles. The van der Waals surface area contributed by atoms with Crippen LogP contribution < -0.4 is 10.1 Å². The van der Waals surface area contributed by atoms with Gasteiger partial charge in [0.15, 0.2) is 16.1 Å². The number of carbonyl (C=O) groups excluding carboxylic acids is 3. The van der Waals surface area contributed by atoms with Crippen molar-refractivity contribution in [2.24, 2.45) is 0 Å². The Morgan fingerprint density at radius 1 is 1.29 bits per heavy atom. The summed E-state index contributed by atoms with van der Waals surface area (Å²) in [6.07, 6.45) is -1.50. The topological polar surface area (TPSA) is 102 Å². The molecule has 1 aliphatic rings. The van der Waals surface area contributed by atoms with Gasteiger partial charge in [-0.05, 0) is 35.3 Å². The van der Waals surface area contributed by atoms with Crippen LogP contribution in [0.3, 0.4) is 0 Å². The summed E-state index contributed by atoms with van der Waals surface area (Å²) in [6.45, 7) is 5.61. The van der Waals surface area contributed by atoms with Gasteiger partial charge in [0.25, 0.3) is 10.9 Å². The molecule has 1 heterocycles. The van der Waals surface area contributed by atoms with Gasteiger partial charge in [-0.2, -0.15) is 0 Å². The third kappa shape index (κ3) is 5.64. The lowest BCUT2D eigenvalue weighted by Gasteiger charge is -2.55. The van der Waals surface area contributed by atoms with Crippen molar-refractivity contribution >= 4 is 73.3 Å². The molecule has 1 fully saturated rings. The van der Waals surface area contributed by atoms with E-state index in [-0.39, 0.29) is 11.3 Å². The van der Waals surface area contributed by atoms with Crippen LogP contribution in [0.5, 0.6) is 5.75 Å². The van der Waals surface area contributed by atoms with E-state index in [1.165, 1.54) is 6.92 Å². The van der Waals surface area contributed by atoms with E-state index in [1.54, 1.807) is 30.3 Å². The molecule has 8 nitrogen and oxygen atoms in total. The minimum absolute atomic E-state index is 0.123. The van der Waals surface area contributed by atoms with Gasteiger partial charge in [0.2, 0.25) is 15.8 Å². The molecule has 0 saturated carbocycles. The van der Waals surface area contributed by atoms with E-state index in [4.69, 9.17) is 55.0 Å². The Bertz CT molecular complexity index is 910. The second-order valence-corrected chi connectivity index (χ2v) is 11.0. The van der Waals surface area contributed by atoms with Crippen molar-refractivity contribution in [3.8, 4) is 5.75 Å². The van der Waals surface area contributed by atoms with Gasteiger partial charge in [-0.1, -0.05) is 59.6 Å². The maximum absolute atomic E-state index is 13.0. The maximum atomic E-state index is 13.0. The minimum Gasteiger partial charge on any atom is -0.475 e. The van der Waals surface area contributed by atoms with Crippen LogP contribution in [0.25, 0.3) is 0 Å². The Morgan fingerprint density at radius 3 is 2.32 bits per heavy atom. The van der Waals surface area contributed by atoms with Crippen molar-refractivity contribution in [3.05, 3.63) is 42.5 Å². The number of rotatable bonds is 8. The summed E-state index contributed by atoms with van der Waals surface area (Å²) in [5.41, 5.74) is 0.123. The molecule has 0 spiro atoms. The molecule has 1 aliphatic heterocycles. The van der Waals surface area contributed by atoms with Crippen molar-refractivity contribution in [1.82, 2.24) is 10.2 Å². The largest absolute Gasteiger partial charge is 0.475 e. The highest BCUT2D eigenvalue weighted by Crippen LogP contribution is 2.41. The lowest BCUT2D eigenvalue weighted by Crippen LogP contribution is -2.85. The number of benzene rings is 1. The molecule has 0 radical (unpaired) electrons. The molecule has 2 amide bonds. The van der Waals surface area contributed by atoms with Crippen molar-refractivity contribution < 1.29 is 28.1 Å². The molecular weight excluding hydrogens is 514 g/mol. The maximum Gasteiger partial charge on any atom is 0.333 e. The zero-order valence-corrected chi connectivity index (χ0v) is 20.1. The number of nitrogens with one attached hydrogen (secondary N) is 1. The van der Waals surface area contributed by atoms with Crippen LogP contribution in [0.4, 0.5) is 0 Å². The third-order valence-corrected chi connectivity index (χ3v) is 6.13. The summed E-state index contributed by atoms with van der Waals surface area (Å²) in [5, 5.41) is 2.39. The van der Waals surface area contributed by atoms with Crippen molar-refractivity contribution in [3.63, 3.8) is 0 Å². The molecule has 1 aromatic rings. The molecule has 13 heteroatoms. The number of hydrogen-bond acceptors (Lipinski definition) is 6. The predicted octanol–water partition coefficient (Wildman–Crippen LogP) is 2.83. The summed E-state index contributed by atoms with van der Waals surface area (Å²) < 4.78 is 21.4. The molecule has 170 valence electrons.